The average Bonchev–Trinajstić information content (AvgIpc) is 3.43. The predicted molar refractivity (Wildman–Crippen MR) is 228 cm³/mol. The lowest BCUT2D eigenvalue weighted by molar-refractivity contribution is 0.488. The highest BCUT2D eigenvalue weighted by molar-refractivity contribution is 8.01. The van der Waals surface area contributed by atoms with E-state index in [0.29, 0.717) is 0 Å². The fourth-order valence-electron chi connectivity index (χ4n) is 10.4. The van der Waals surface area contributed by atoms with Gasteiger partial charge < -0.3 is 4.74 Å². The average molecular weight is 735 g/mol. The van der Waals surface area contributed by atoms with E-state index < -0.39 is 0 Å². The Labute approximate surface area is 326 Å². The van der Waals surface area contributed by atoms with Crippen LogP contribution in [0.2, 0.25) is 0 Å². The van der Waals surface area contributed by atoms with E-state index in [1.54, 1.807) is 0 Å². The smallest absolute Gasteiger partial charge is 0.255 e. The second kappa shape index (κ2) is 10.3. The molecule has 0 atom stereocenters. The summed E-state index contributed by atoms with van der Waals surface area (Å²) in [6, 6.07) is 55.0. The fourth-order valence-corrected chi connectivity index (χ4v) is 14.2. The monoisotopic (exact) mass is 734 g/mol. The summed E-state index contributed by atoms with van der Waals surface area (Å²) in [5.41, 5.74) is 21.3. The van der Waals surface area contributed by atoms with Crippen molar-refractivity contribution < 1.29 is 4.74 Å². The van der Waals surface area contributed by atoms with Crippen molar-refractivity contribution in [1.29, 1.82) is 0 Å². The molecule has 0 bridgehead atoms. The molecule has 0 aliphatic carbocycles. The van der Waals surface area contributed by atoms with Crippen LogP contribution in [0.5, 0.6) is 11.5 Å². The maximum absolute atomic E-state index is 7.30. The van der Waals surface area contributed by atoms with Crippen LogP contribution in [0.25, 0.3) is 55.6 Å². The van der Waals surface area contributed by atoms with Crippen LogP contribution in [0.1, 0.15) is 0 Å². The van der Waals surface area contributed by atoms with Gasteiger partial charge in [0.2, 0.25) is 6.71 Å². The third-order valence-electron chi connectivity index (χ3n) is 12.5. The Hall–Kier alpha value is -5.26. The SMILES string of the molecule is c1cc2c3c(c1)Sc1cccc4c1B3c1c(ccc(-c3ccc5c6c3Sc3cccc7c3B6c3c(cccc3-c3ccccc3-5)S7)c1O2)-c1ccccc1-4. The van der Waals surface area contributed by atoms with Crippen LogP contribution in [0.4, 0.5) is 0 Å². The van der Waals surface area contributed by atoms with Crippen LogP contribution in [0.15, 0.2) is 175 Å². The summed E-state index contributed by atoms with van der Waals surface area (Å²) in [7, 11) is 0. The molecule has 0 aromatic heterocycles. The zero-order valence-electron chi connectivity index (χ0n) is 28.6. The third-order valence-corrected chi connectivity index (χ3v) is 16.0. The molecule has 6 aliphatic heterocycles. The molecule has 0 N–H and O–H groups in total. The summed E-state index contributed by atoms with van der Waals surface area (Å²) in [4.78, 5) is 8.09. The van der Waals surface area contributed by atoms with Gasteiger partial charge in [0.05, 0.1) is 0 Å². The maximum Gasteiger partial charge on any atom is 0.255 e. The number of hydrogen-bond acceptors (Lipinski definition) is 4. The minimum atomic E-state index is 0.0829. The van der Waals surface area contributed by atoms with Crippen LogP contribution in [-0.4, -0.2) is 13.4 Å². The molecule has 14 rings (SSSR count). The van der Waals surface area contributed by atoms with Crippen molar-refractivity contribution in [3.05, 3.63) is 146 Å². The van der Waals surface area contributed by atoms with Crippen LogP contribution < -0.4 is 37.5 Å². The maximum atomic E-state index is 7.30. The predicted octanol–water partition coefficient (Wildman–Crippen LogP) is 9.18. The molecule has 0 spiro atoms. The molecule has 0 saturated carbocycles. The standard InChI is InChI=1S/C48H24B2OS3/c1-3-11-27-25(9-1)29-13-5-16-36-41(29)49-43-31(27)21-23-33(47(43)51-35-15-7-18-38(52-36)45(35)49)34-24-22-32-28-12-4-2-10-26(28)30-14-6-17-37-42(30)50-44(32)48(34)54-40-20-8-19-39(53-37)46(40)50/h1-24H. The molecule has 0 amide bonds. The van der Waals surface area contributed by atoms with Crippen molar-refractivity contribution in [1.82, 2.24) is 0 Å². The Kier molecular flexibility index (Phi) is 5.55. The van der Waals surface area contributed by atoms with E-state index in [9.17, 15) is 0 Å². The number of benzene rings is 8. The second-order valence-corrected chi connectivity index (χ2v) is 18.2. The summed E-state index contributed by atoms with van der Waals surface area (Å²) < 4.78 is 7.30. The molecule has 6 aliphatic rings. The topological polar surface area (TPSA) is 9.23 Å². The highest BCUT2D eigenvalue weighted by Crippen LogP contribution is 2.51. The van der Waals surface area contributed by atoms with E-state index in [2.05, 4.69) is 146 Å². The van der Waals surface area contributed by atoms with Crippen molar-refractivity contribution >= 4 is 81.5 Å². The van der Waals surface area contributed by atoms with Gasteiger partial charge in [-0.25, -0.2) is 0 Å². The summed E-state index contributed by atoms with van der Waals surface area (Å²) >= 11 is 5.78. The quantitative estimate of drug-likeness (QED) is 0.156. The molecular formula is C48H24B2OS3. The Morgan fingerprint density at radius 3 is 1.35 bits per heavy atom. The number of rotatable bonds is 1. The Balaban J connectivity index is 1.11. The lowest BCUT2D eigenvalue weighted by Gasteiger charge is -2.36. The second-order valence-electron chi connectivity index (χ2n) is 14.9. The van der Waals surface area contributed by atoms with Gasteiger partial charge in [-0.2, -0.15) is 0 Å². The summed E-state index contributed by atoms with van der Waals surface area (Å²) in [5, 5.41) is 0. The first-order valence-electron chi connectivity index (χ1n) is 18.6. The Morgan fingerprint density at radius 2 is 0.722 bits per heavy atom. The summed E-state index contributed by atoms with van der Waals surface area (Å²) in [5.74, 6) is 1.97. The summed E-state index contributed by atoms with van der Waals surface area (Å²) in [6.45, 7) is 0.236. The largest absolute Gasteiger partial charge is 0.458 e. The number of fused-ring (bicyclic) bond motifs is 6. The van der Waals surface area contributed by atoms with Gasteiger partial charge in [-0.05, 0) is 119 Å². The molecule has 6 heteroatoms. The van der Waals surface area contributed by atoms with Gasteiger partial charge in [-0.15, -0.1) is 0 Å². The third kappa shape index (κ3) is 3.52. The molecule has 246 valence electrons. The van der Waals surface area contributed by atoms with Crippen LogP contribution >= 0.6 is 35.3 Å². The first-order valence-corrected chi connectivity index (χ1v) is 21.0. The lowest BCUT2D eigenvalue weighted by atomic mass is 9.34. The van der Waals surface area contributed by atoms with Gasteiger partial charge in [-0.3, -0.25) is 0 Å². The minimum Gasteiger partial charge on any atom is -0.458 e. The summed E-state index contributed by atoms with van der Waals surface area (Å²) in [6.07, 6.45) is 0. The molecule has 0 unspecified atom stereocenters. The van der Waals surface area contributed by atoms with E-state index in [-0.39, 0.29) is 13.4 Å². The van der Waals surface area contributed by atoms with Crippen molar-refractivity contribution in [2.24, 2.45) is 0 Å². The van der Waals surface area contributed by atoms with Crippen LogP contribution in [0.3, 0.4) is 0 Å². The molecule has 54 heavy (non-hydrogen) atoms. The van der Waals surface area contributed by atoms with Gasteiger partial charge in [0.1, 0.15) is 11.5 Å². The molecule has 0 fully saturated rings. The molecule has 0 saturated heterocycles. The Bertz CT molecular complexity index is 2890. The van der Waals surface area contributed by atoms with Crippen LogP contribution in [-0.2, 0) is 0 Å². The van der Waals surface area contributed by atoms with E-state index in [1.807, 2.05) is 35.3 Å². The molecule has 8 aromatic carbocycles. The van der Waals surface area contributed by atoms with Crippen molar-refractivity contribution in [3.8, 4) is 67.1 Å². The number of hydrogen-bond donors (Lipinski definition) is 0. The van der Waals surface area contributed by atoms with Gasteiger partial charge in [0.25, 0.3) is 6.71 Å². The molecule has 6 heterocycles. The van der Waals surface area contributed by atoms with E-state index >= 15 is 0 Å². The first-order chi connectivity index (χ1) is 26.8. The highest BCUT2D eigenvalue weighted by atomic mass is 32.2. The van der Waals surface area contributed by atoms with Gasteiger partial charge in [0, 0.05) is 34.9 Å². The van der Waals surface area contributed by atoms with E-state index in [1.165, 1.54) is 118 Å². The van der Waals surface area contributed by atoms with Gasteiger partial charge >= 0.3 is 0 Å². The number of ether oxygens (including phenoxy) is 1. The first kappa shape index (κ1) is 29.1. The molecule has 0 radical (unpaired) electrons. The molecule has 1 nitrogen and oxygen atoms in total. The minimum absolute atomic E-state index is 0.0829. The van der Waals surface area contributed by atoms with Gasteiger partial charge in [-0.1, -0.05) is 144 Å². The highest BCUT2D eigenvalue weighted by Gasteiger charge is 2.47. The van der Waals surface area contributed by atoms with Crippen molar-refractivity contribution in [2.75, 3.05) is 0 Å². The normalized spacial score (nSPS) is 14.5. The fraction of sp³-hybridized carbons (Fsp3) is 0. The molecule has 8 aromatic rings. The molecular weight excluding hydrogens is 710 g/mol. The zero-order valence-corrected chi connectivity index (χ0v) is 31.1. The lowest BCUT2D eigenvalue weighted by Crippen LogP contribution is -2.59. The van der Waals surface area contributed by atoms with Crippen molar-refractivity contribution in [2.45, 2.75) is 29.4 Å². The van der Waals surface area contributed by atoms with Crippen molar-refractivity contribution in [3.63, 3.8) is 0 Å². The zero-order chi connectivity index (χ0) is 34.8. The van der Waals surface area contributed by atoms with Gasteiger partial charge in [0.15, 0.2) is 0 Å². The van der Waals surface area contributed by atoms with E-state index in [0.717, 1.165) is 11.5 Å². The Morgan fingerprint density at radius 1 is 0.296 bits per heavy atom. The van der Waals surface area contributed by atoms with E-state index in [4.69, 9.17) is 4.74 Å². The van der Waals surface area contributed by atoms with Crippen LogP contribution in [0, 0.1) is 0 Å².